The standard InChI is InChI=1S/C13H18N2O2S/c16-18(17)10-11(9-15-7-5-14-6-8-15)12-3-1-2-4-13(12)18/h1-4,11,14H,5-10H2. The van der Waals surface area contributed by atoms with Crippen LogP contribution in [0.2, 0.25) is 0 Å². The average molecular weight is 266 g/mol. The van der Waals surface area contributed by atoms with E-state index >= 15 is 0 Å². The number of benzene rings is 1. The van der Waals surface area contributed by atoms with Crippen LogP contribution in [-0.4, -0.2) is 51.8 Å². The molecule has 0 aliphatic carbocycles. The Balaban J connectivity index is 1.83. The minimum absolute atomic E-state index is 0.143. The van der Waals surface area contributed by atoms with Crippen LogP contribution in [0, 0.1) is 0 Å². The molecule has 0 spiro atoms. The molecule has 2 aliphatic rings. The fourth-order valence-corrected chi connectivity index (χ4v) is 4.78. The molecular formula is C13H18N2O2S. The highest BCUT2D eigenvalue weighted by atomic mass is 32.2. The van der Waals surface area contributed by atoms with Gasteiger partial charge in [-0.1, -0.05) is 18.2 Å². The molecule has 4 nitrogen and oxygen atoms in total. The monoisotopic (exact) mass is 266 g/mol. The lowest BCUT2D eigenvalue weighted by molar-refractivity contribution is 0.231. The Morgan fingerprint density at radius 3 is 2.72 bits per heavy atom. The lowest BCUT2D eigenvalue weighted by Gasteiger charge is -2.29. The summed E-state index contributed by atoms with van der Waals surface area (Å²) in [6.07, 6.45) is 0. The van der Waals surface area contributed by atoms with E-state index in [1.807, 2.05) is 18.2 Å². The highest BCUT2D eigenvalue weighted by Gasteiger charge is 2.35. The van der Waals surface area contributed by atoms with Crippen LogP contribution in [0.1, 0.15) is 11.5 Å². The fraction of sp³-hybridized carbons (Fsp3) is 0.538. The second-order valence-electron chi connectivity index (χ2n) is 5.07. The topological polar surface area (TPSA) is 49.4 Å². The van der Waals surface area contributed by atoms with Crippen molar-refractivity contribution in [1.82, 2.24) is 10.2 Å². The molecule has 1 atom stereocenters. The summed E-state index contributed by atoms with van der Waals surface area (Å²) in [5.74, 6) is 0.417. The van der Waals surface area contributed by atoms with E-state index in [4.69, 9.17) is 0 Å². The molecule has 0 bridgehead atoms. The van der Waals surface area contributed by atoms with E-state index in [1.165, 1.54) is 0 Å². The molecule has 1 fully saturated rings. The average Bonchev–Trinajstić information content (AvgIpc) is 2.63. The molecule has 1 unspecified atom stereocenters. The molecule has 98 valence electrons. The molecule has 0 amide bonds. The smallest absolute Gasteiger partial charge is 0.179 e. The van der Waals surface area contributed by atoms with E-state index in [2.05, 4.69) is 10.2 Å². The maximum atomic E-state index is 12.1. The maximum Gasteiger partial charge on any atom is 0.179 e. The van der Waals surface area contributed by atoms with Gasteiger partial charge in [0.15, 0.2) is 9.84 Å². The largest absolute Gasteiger partial charge is 0.314 e. The number of piperazine rings is 1. The molecule has 2 heterocycles. The van der Waals surface area contributed by atoms with E-state index < -0.39 is 9.84 Å². The molecule has 0 aromatic heterocycles. The number of fused-ring (bicyclic) bond motifs is 1. The van der Waals surface area contributed by atoms with Gasteiger partial charge in [0.25, 0.3) is 0 Å². The Kier molecular flexibility index (Phi) is 3.13. The number of hydrogen-bond donors (Lipinski definition) is 1. The van der Waals surface area contributed by atoms with E-state index in [1.54, 1.807) is 6.07 Å². The van der Waals surface area contributed by atoms with Crippen molar-refractivity contribution in [3.05, 3.63) is 29.8 Å². The Hall–Kier alpha value is -0.910. The predicted octanol–water partition coefficient (Wildman–Crippen LogP) is 0.463. The van der Waals surface area contributed by atoms with Crippen molar-refractivity contribution in [2.45, 2.75) is 10.8 Å². The first-order valence-corrected chi connectivity index (χ1v) is 8.07. The number of sulfone groups is 1. The van der Waals surface area contributed by atoms with Gasteiger partial charge in [-0.15, -0.1) is 0 Å². The van der Waals surface area contributed by atoms with Gasteiger partial charge in [-0.3, -0.25) is 0 Å². The molecular weight excluding hydrogens is 248 g/mol. The summed E-state index contributed by atoms with van der Waals surface area (Å²) in [6, 6.07) is 7.45. The van der Waals surface area contributed by atoms with Crippen LogP contribution in [0.3, 0.4) is 0 Å². The van der Waals surface area contributed by atoms with Crippen LogP contribution in [0.5, 0.6) is 0 Å². The first kappa shape index (κ1) is 12.1. The van der Waals surface area contributed by atoms with Crippen molar-refractivity contribution in [2.75, 3.05) is 38.5 Å². The van der Waals surface area contributed by atoms with Crippen molar-refractivity contribution in [1.29, 1.82) is 0 Å². The van der Waals surface area contributed by atoms with Crippen molar-refractivity contribution >= 4 is 9.84 Å². The summed E-state index contributed by atoms with van der Waals surface area (Å²) in [5.41, 5.74) is 1.01. The first-order chi connectivity index (χ1) is 8.67. The van der Waals surface area contributed by atoms with Gasteiger partial charge < -0.3 is 10.2 Å². The van der Waals surface area contributed by atoms with Gasteiger partial charge in [0.2, 0.25) is 0 Å². The summed E-state index contributed by atoms with van der Waals surface area (Å²) in [6.45, 7) is 4.89. The summed E-state index contributed by atoms with van der Waals surface area (Å²) < 4.78 is 24.1. The quantitative estimate of drug-likeness (QED) is 0.845. The van der Waals surface area contributed by atoms with Crippen LogP contribution in [0.25, 0.3) is 0 Å². The third kappa shape index (κ3) is 2.18. The third-order valence-electron chi connectivity index (χ3n) is 3.80. The normalized spacial score (nSPS) is 27.0. The minimum Gasteiger partial charge on any atom is -0.314 e. The van der Waals surface area contributed by atoms with E-state index in [0.29, 0.717) is 4.90 Å². The fourth-order valence-electron chi connectivity index (χ4n) is 2.90. The molecule has 0 radical (unpaired) electrons. The lowest BCUT2D eigenvalue weighted by Crippen LogP contribution is -2.45. The van der Waals surface area contributed by atoms with Crippen LogP contribution >= 0.6 is 0 Å². The zero-order valence-electron chi connectivity index (χ0n) is 10.3. The molecule has 18 heavy (non-hydrogen) atoms. The zero-order valence-corrected chi connectivity index (χ0v) is 11.1. The predicted molar refractivity (Wildman–Crippen MR) is 70.5 cm³/mol. The number of nitrogens with zero attached hydrogens (tertiary/aromatic N) is 1. The summed E-state index contributed by atoms with van der Waals surface area (Å²) in [7, 11) is -3.05. The van der Waals surface area contributed by atoms with Crippen LogP contribution in [-0.2, 0) is 9.84 Å². The van der Waals surface area contributed by atoms with Crippen LogP contribution in [0.4, 0.5) is 0 Å². The zero-order chi connectivity index (χ0) is 12.6. The van der Waals surface area contributed by atoms with Crippen molar-refractivity contribution < 1.29 is 8.42 Å². The minimum atomic E-state index is -3.05. The van der Waals surface area contributed by atoms with Gasteiger partial charge in [-0.2, -0.15) is 0 Å². The van der Waals surface area contributed by atoms with Crippen molar-refractivity contribution in [3.63, 3.8) is 0 Å². The SMILES string of the molecule is O=S1(=O)CC(CN2CCNCC2)c2ccccc21. The van der Waals surface area contributed by atoms with E-state index in [-0.39, 0.29) is 11.7 Å². The van der Waals surface area contributed by atoms with Crippen molar-refractivity contribution in [3.8, 4) is 0 Å². The van der Waals surface area contributed by atoms with Gasteiger partial charge in [0.05, 0.1) is 10.6 Å². The van der Waals surface area contributed by atoms with Crippen LogP contribution < -0.4 is 5.32 Å². The molecule has 1 aromatic rings. The number of hydrogen-bond acceptors (Lipinski definition) is 4. The molecule has 1 N–H and O–H groups in total. The Morgan fingerprint density at radius 2 is 1.94 bits per heavy atom. The summed E-state index contributed by atoms with van der Waals surface area (Å²) >= 11 is 0. The maximum absolute atomic E-state index is 12.1. The van der Waals surface area contributed by atoms with Crippen molar-refractivity contribution in [2.24, 2.45) is 0 Å². The lowest BCUT2D eigenvalue weighted by atomic mass is 10.0. The van der Waals surface area contributed by atoms with Gasteiger partial charge in [-0.05, 0) is 11.6 Å². The molecule has 1 aromatic carbocycles. The Morgan fingerprint density at radius 1 is 1.22 bits per heavy atom. The summed E-state index contributed by atoms with van der Waals surface area (Å²) in [4.78, 5) is 2.91. The van der Waals surface area contributed by atoms with Gasteiger partial charge in [0, 0.05) is 38.6 Å². The molecule has 5 heteroatoms. The molecule has 0 saturated carbocycles. The van der Waals surface area contributed by atoms with Gasteiger partial charge in [0.1, 0.15) is 0 Å². The second kappa shape index (κ2) is 4.64. The number of rotatable bonds is 2. The van der Waals surface area contributed by atoms with Crippen LogP contribution in [0.15, 0.2) is 29.2 Å². The highest BCUT2D eigenvalue weighted by molar-refractivity contribution is 7.91. The first-order valence-electron chi connectivity index (χ1n) is 6.41. The molecule has 2 aliphatic heterocycles. The number of nitrogens with one attached hydrogen (secondary N) is 1. The highest BCUT2D eigenvalue weighted by Crippen LogP contribution is 2.35. The molecule has 1 saturated heterocycles. The van der Waals surface area contributed by atoms with Gasteiger partial charge in [-0.25, -0.2) is 8.42 Å². The molecule has 3 rings (SSSR count). The Labute approximate surface area is 108 Å². The van der Waals surface area contributed by atoms with Gasteiger partial charge >= 0.3 is 0 Å². The van der Waals surface area contributed by atoms with E-state index in [0.717, 1.165) is 38.3 Å². The summed E-state index contributed by atoms with van der Waals surface area (Å²) in [5, 5.41) is 3.32. The Bertz CT molecular complexity index is 536. The second-order valence-corrected chi connectivity index (χ2v) is 7.07. The third-order valence-corrected chi connectivity index (χ3v) is 5.69. The van der Waals surface area contributed by atoms with E-state index in [9.17, 15) is 8.42 Å².